The second kappa shape index (κ2) is 7.19. The number of aryl methyl sites for hydroxylation is 2. The van der Waals surface area contributed by atoms with Crippen LogP contribution in [0.25, 0.3) is 0 Å². The Morgan fingerprint density at radius 3 is 2.71 bits per heavy atom. The summed E-state index contributed by atoms with van der Waals surface area (Å²) in [5.41, 5.74) is 1.78. The molecule has 0 saturated heterocycles. The first-order valence-electron chi connectivity index (χ1n) is 6.24. The minimum absolute atomic E-state index is 0. The number of likely N-dealkylation sites (N-methyl/N-ethyl adjacent to an activating group) is 1. The van der Waals surface area contributed by atoms with Gasteiger partial charge in [0.15, 0.2) is 0 Å². The number of hydrogen-bond acceptors (Lipinski definition) is 3. The van der Waals surface area contributed by atoms with E-state index in [0.29, 0.717) is 0 Å². The first kappa shape index (κ1) is 17.1. The second-order valence-corrected chi connectivity index (χ2v) is 4.64. The van der Waals surface area contributed by atoms with Crippen molar-refractivity contribution in [2.45, 2.75) is 13.0 Å². The predicted octanol–water partition coefficient (Wildman–Crippen LogP) is 2.19. The lowest BCUT2D eigenvalue weighted by Crippen LogP contribution is -2.30. The first-order valence-corrected chi connectivity index (χ1v) is 6.24. The molecule has 2 aromatic rings. The molecule has 2 rings (SSSR count). The van der Waals surface area contributed by atoms with Gasteiger partial charge < -0.3 is 10.6 Å². The highest BCUT2D eigenvalue weighted by Crippen LogP contribution is 2.19. The van der Waals surface area contributed by atoms with Crippen molar-refractivity contribution in [3.63, 3.8) is 0 Å². The lowest BCUT2D eigenvalue weighted by atomic mass is 10.1. The number of benzene rings is 1. The fourth-order valence-electron chi connectivity index (χ4n) is 1.98. The molecular weight excluding hydrogens is 295 g/mol. The molecule has 1 heterocycles. The van der Waals surface area contributed by atoms with Crippen molar-refractivity contribution in [1.82, 2.24) is 15.1 Å². The van der Waals surface area contributed by atoms with E-state index >= 15 is 0 Å². The van der Waals surface area contributed by atoms with E-state index in [-0.39, 0.29) is 24.0 Å². The average molecular weight is 313 g/mol. The number of anilines is 1. The lowest BCUT2D eigenvalue weighted by Gasteiger charge is -2.15. The van der Waals surface area contributed by atoms with E-state index in [0.717, 1.165) is 11.1 Å². The van der Waals surface area contributed by atoms with Gasteiger partial charge in [0, 0.05) is 18.8 Å². The van der Waals surface area contributed by atoms with Crippen molar-refractivity contribution in [2.75, 3.05) is 12.4 Å². The molecule has 0 aliphatic heterocycles. The third-order valence-electron chi connectivity index (χ3n) is 2.99. The van der Waals surface area contributed by atoms with Gasteiger partial charge in [0.25, 0.3) is 0 Å². The van der Waals surface area contributed by atoms with Crippen LogP contribution in [0.5, 0.6) is 0 Å². The van der Waals surface area contributed by atoms with Crippen LogP contribution in [-0.4, -0.2) is 22.7 Å². The Morgan fingerprint density at radius 1 is 1.43 bits per heavy atom. The van der Waals surface area contributed by atoms with Crippen molar-refractivity contribution < 1.29 is 9.18 Å². The average Bonchev–Trinajstić information content (AvgIpc) is 2.81. The Labute approximate surface area is 129 Å². The van der Waals surface area contributed by atoms with Gasteiger partial charge in [-0.2, -0.15) is 5.10 Å². The highest BCUT2D eigenvalue weighted by molar-refractivity contribution is 5.95. The number of rotatable bonds is 4. The normalized spacial score (nSPS) is 11.6. The van der Waals surface area contributed by atoms with Crippen molar-refractivity contribution in [3.05, 3.63) is 47.5 Å². The SMILES string of the molecule is CNC(C(=O)Nc1cc(C)ccc1F)c1cnn(C)c1.Cl. The van der Waals surface area contributed by atoms with E-state index in [1.54, 1.807) is 43.3 Å². The summed E-state index contributed by atoms with van der Waals surface area (Å²) < 4.78 is 15.3. The Balaban J connectivity index is 0.00000220. The van der Waals surface area contributed by atoms with E-state index in [9.17, 15) is 9.18 Å². The van der Waals surface area contributed by atoms with E-state index in [1.165, 1.54) is 6.07 Å². The number of carbonyl (C=O) groups excluding carboxylic acids is 1. The lowest BCUT2D eigenvalue weighted by molar-refractivity contribution is -0.118. The van der Waals surface area contributed by atoms with E-state index in [1.807, 2.05) is 6.92 Å². The molecule has 2 N–H and O–H groups in total. The molecule has 0 aliphatic carbocycles. The molecule has 0 spiro atoms. The Bertz CT molecular complexity index is 629. The fraction of sp³-hybridized carbons (Fsp3) is 0.286. The van der Waals surface area contributed by atoms with Gasteiger partial charge in [-0.05, 0) is 31.7 Å². The number of halogens is 2. The monoisotopic (exact) mass is 312 g/mol. The molecule has 1 unspecified atom stereocenters. The fourth-order valence-corrected chi connectivity index (χ4v) is 1.98. The van der Waals surface area contributed by atoms with Gasteiger partial charge in [-0.25, -0.2) is 4.39 Å². The van der Waals surface area contributed by atoms with Crippen LogP contribution in [0, 0.1) is 12.7 Å². The third-order valence-corrected chi connectivity index (χ3v) is 2.99. The molecule has 0 saturated carbocycles. The topological polar surface area (TPSA) is 59.0 Å². The summed E-state index contributed by atoms with van der Waals surface area (Å²) in [5.74, 6) is -0.782. The Morgan fingerprint density at radius 2 is 2.14 bits per heavy atom. The zero-order valence-corrected chi connectivity index (χ0v) is 12.9. The van der Waals surface area contributed by atoms with Gasteiger partial charge in [0.05, 0.1) is 11.9 Å². The second-order valence-electron chi connectivity index (χ2n) is 4.64. The smallest absolute Gasteiger partial charge is 0.246 e. The summed E-state index contributed by atoms with van der Waals surface area (Å²) in [4.78, 5) is 12.2. The Kier molecular flexibility index (Phi) is 5.87. The van der Waals surface area contributed by atoms with Crippen molar-refractivity contribution >= 4 is 24.0 Å². The molecule has 1 atom stereocenters. The van der Waals surface area contributed by atoms with Gasteiger partial charge in [-0.15, -0.1) is 12.4 Å². The predicted molar refractivity (Wildman–Crippen MR) is 82.0 cm³/mol. The quantitative estimate of drug-likeness (QED) is 0.910. The van der Waals surface area contributed by atoms with E-state index < -0.39 is 11.9 Å². The van der Waals surface area contributed by atoms with Gasteiger partial charge in [-0.1, -0.05) is 6.07 Å². The molecule has 21 heavy (non-hydrogen) atoms. The summed E-state index contributed by atoms with van der Waals surface area (Å²) in [6.45, 7) is 1.84. The highest BCUT2D eigenvalue weighted by Gasteiger charge is 2.21. The summed E-state index contributed by atoms with van der Waals surface area (Å²) in [5, 5.41) is 9.52. The number of amides is 1. The molecule has 0 fully saturated rings. The van der Waals surface area contributed by atoms with Crippen LogP contribution in [0.1, 0.15) is 17.2 Å². The summed E-state index contributed by atoms with van der Waals surface area (Å²) in [6.07, 6.45) is 3.35. The summed E-state index contributed by atoms with van der Waals surface area (Å²) in [7, 11) is 3.44. The van der Waals surface area contributed by atoms with Crippen LogP contribution in [0.2, 0.25) is 0 Å². The number of nitrogens with one attached hydrogen (secondary N) is 2. The largest absolute Gasteiger partial charge is 0.322 e. The molecule has 7 heteroatoms. The summed E-state index contributed by atoms with van der Waals surface area (Å²) >= 11 is 0. The molecule has 5 nitrogen and oxygen atoms in total. The maximum absolute atomic E-state index is 13.7. The zero-order chi connectivity index (χ0) is 14.7. The maximum Gasteiger partial charge on any atom is 0.246 e. The minimum Gasteiger partial charge on any atom is -0.322 e. The number of carbonyl (C=O) groups is 1. The maximum atomic E-state index is 13.7. The third kappa shape index (κ3) is 4.03. The molecule has 1 aromatic carbocycles. The van der Waals surface area contributed by atoms with Crippen LogP contribution < -0.4 is 10.6 Å². The van der Waals surface area contributed by atoms with E-state index in [4.69, 9.17) is 0 Å². The molecule has 1 aromatic heterocycles. The molecule has 0 bridgehead atoms. The van der Waals surface area contributed by atoms with Gasteiger partial charge in [-0.3, -0.25) is 9.48 Å². The molecule has 1 amide bonds. The van der Waals surface area contributed by atoms with Crippen LogP contribution in [0.15, 0.2) is 30.6 Å². The molecule has 0 radical (unpaired) electrons. The highest BCUT2D eigenvalue weighted by atomic mass is 35.5. The van der Waals surface area contributed by atoms with Crippen LogP contribution in [0.4, 0.5) is 10.1 Å². The van der Waals surface area contributed by atoms with E-state index in [2.05, 4.69) is 15.7 Å². The standard InChI is InChI=1S/C14H17FN4O.ClH/c1-9-4-5-11(15)12(6-9)18-14(20)13(16-2)10-7-17-19(3)8-10;/h4-8,13,16H,1-3H3,(H,18,20);1H. The zero-order valence-electron chi connectivity index (χ0n) is 12.1. The first-order chi connectivity index (χ1) is 9.51. The number of hydrogen-bond donors (Lipinski definition) is 2. The van der Waals surface area contributed by atoms with Crippen LogP contribution in [-0.2, 0) is 11.8 Å². The molecular formula is C14H18ClFN4O. The van der Waals surface area contributed by atoms with Gasteiger partial charge >= 0.3 is 0 Å². The van der Waals surface area contributed by atoms with Crippen LogP contribution in [0.3, 0.4) is 0 Å². The molecule has 114 valence electrons. The van der Waals surface area contributed by atoms with Crippen molar-refractivity contribution in [2.24, 2.45) is 7.05 Å². The molecule has 0 aliphatic rings. The van der Waals surface area contributed by atoms with Crippen molar-refractivity contribution in [1.29, 1.82) is 0 Å². The van der Waals surface area contributed by atoms with Gasteiger partial charge in [0.2, 0.25) is 5.91 Å². The van der Waals surface area contributed by atoms with Gasteiger partial charge in [0.1, 0.15) is 11.9 Å². The number of nitrogens with zero attached hydrogens (tertiary/aromatic N) is 2. The number of aromatic nitrogens is 2. The van der Waals surface area contributed by atoms with Crippen LogP contribution >= 0.6 is 12.4 Å². The Hall–Kier alpha value is -1.92. The van der Waals surface area contributed by atoms with Crippen molar-refractivity contribution in [3.8, 4) is 0 Å². The minimum atomic E-state index is -0.580. The summed E-state index contributed by atoms with van der Waals surface area (Å²) in [6, 6.07) is 4.01.